The molecule has 3 aromatic heterocycles. The number of fused-ring (bicyclic) bond motifs is 1. The molecule has 9 heteroatoms. The molecule has 0 fully saturated rings. The number of nitrogens with zero attached hydrogens (tertiary/aromatic N) is 5. The lowest BCUT2D eigenvalue weighted by atomic mass is 10.2. The van der Waals surface area contributed by atoms with Gasteiger partial charge in [0.15, 0.2) is 0 Å². The van der Waals surface area contributed by atoms with Gasteiger partial charge in [-0.05, 0) is 12.1 Å². The van der Waals surface area contributed by atoms with Crippen molar-refractivity contribution in [1.82, 2.24) is 29.6 Å². The van der Waals surface area contributed by atoms with Crippen molar-refractivity contribution in [2.45, 2.75) is 6.54 Å². The Labute approximate surface area is 158 Å². The van der Waals surface area contributed by atoms with Gasteiger partial charge in [0.2, 0.25) is 0 Å². The first-order valence-electron chi connectivity index (χ1n) is 8.19. The smallest absolute Gasteiger partial charge is 0.273 e. The van der Waals surface area contributed by atoms with E-state index in [4.69, 9.17) is 0 Å². The lowest BCUT2D eigenvalue weighted by Gasteiger charge is -2.15. The number of hydrogen-bond donors (Lipinski definition) is 1. The molecule has 4 aromatic rings. The summed E-state index contributed by atoms with van der Waals surface area (Å²) >= 11 is 1.39. The Kier molecular flexibility index (Phi) is 4.28. The van der Waals surface area contributed by atoms with Crippen molar-refractivity contribution in [3.8, 4) is 10.6 Å². The third-order valence-corrected chi connectivity index (χ3v) is 4.96. The number of carbonyl (C=O) groups is 1. The second-order valence-corrected chi connectivity index (χ2v) is 6.99. The van der Waals surface area contributed by atoms with Gasteiger partial charge in [-0.25, -0.2) is 9.97 Å². The van der Waals surface area contributed by atoms with Crippen molar-refractivity contribution < 1.29 is 4.79 Å². The highest BCUT2D eigenvalue weighted by molar-refractivity contribution is 7.13. The summed E-state index contributed by atoms with van der Waals surface area (Å²) < 4.78 is 1.69. The number of rotatable bonds is 4. The van der Waals surface area contributed by atoms with E-state index in [1.165, 1.54) is 16.2 Å². The molecule has 0 saturated carbocycles. The fourth-order valence-corrected chi connectivity index (χ4v) is 3.51. The van der Waals surface area contributed by atoms with Gasteiger partial charge in [0.1, 0.15) is 16.5 Å². The van der Waals surface area contributed by atoms with E-state index >= 15 is 0 Å². The molecule has 1 N–H and O–H groups in total. The van der Waals surface area contributed by atoms with Crippen LogP contribution in [0.3, 0.4) is 0 Å². The largest absolute Gasteiger partial charge is 0.333 e. The van der Waals surface area contributed by atoms with Gasteiger partial charge in [0.05, 0.1) is 23.6 Å². The number of para-hydroxylation sites is 1. The highest BCUT2D eigenvalue weighted by atomic mass is 32.1. The molecule has 1 amide bonds. The molecule has 1 aromatic carbocycles. The average molecular weight is 380 g/mol. The fraction of sp³-hybridized carbons (Fsp3) is 0.167. The SMILES string of the molecule is CN(Cc1nc2ccccc2c(=O)[nH]1)C(=O)c1csc(-c2cnn(C)c2)n1. The lowest BCUT2D eigenvalue weighted by molar-refractivity contribution is 0.0776. The molecule has 3 heterocycles. The minimum absolute atomic E-state index is 0.179. The molecule has 0 radical (unpaired) electrons. The van der Waals surface area contributed by atoms with E-state index in [-0.39, 0.29) is 18.0 Å². The Morgan fingerprint density at radius 2 is 2.11 bits per heavy atom. The van der Waals surface area contributed by atoms with Crippen LogP contribution in [0.2, 0.25) is 0 Å². The van der Waals surface area contributed by atoms with E-state index < -0.39 is 0 Å². The Balaban J connectivity index is 1.55. The Morgan fingerprint density at radius 1 is 1.30 bits per heavy atom. The number of thiazole rings is 1. The molecule has 27 heavy (non-hydrogen) atoms. The molecule has 0 aliphatic rings. The summed E-state index contributed by atoms with van der Waals surface area (Å²) in [5.74, 6) is 0.189. The summed E-state index contributed by atoms with van der Waals surface area (Å²) in [5.41, 5.74) is 1.60. The van der Waals surface area contributed by atoms with Crippen LogP contribution in [0.4, 0.5) is 0 Å². The van der Waals surface area contributed by atoms with Gasteiger partial charge in [0.25, 0.3) is 11.5 Å². The normalized spacial score (nSPS) is 11.0. The van der Waals surface area contributed by atoms with E-state index in [1.807, 2.05) is 19.3 Å². The third-order valence-electron chi connectivity index (χ3n) is 4.07. The fourth-order valence-electron chi connectivity index (χ4n) is 2.74. The number of aromatic nitrogens is 5. The highest BCUT2D eigenvalue weighted by Crippen LogP contribution is 2.23. The quantitative estimate of drug-likeness (QED) is 0.584. The topological polar surface area (TPSA) is 96.8 Å². The molecule has 0 atom stereocenters. The zero-order chi connectivity index (χ0) is 19.0. The summed E-state index contributed by atoms with van der Waals surface area (Å²) in [5, 5.41) is 7.09. The molecule has 0 bridgehead atoms. The van der Waals surface area contributed by atoms with Gasteiger partial charge in [-0.3, -0.25) is 14.3 Å². The number of amides is 1. The van der Waals surface area contributed by atoms with Gasteiger partial charge in [-0.15, -0.1) is 11.3 Å². The summed E-state index contributed by atoms with van der Waals surface area (Å²) in [4.78, 5) is 37.9. The standard InChI is InChI=1S/C18H16N6O2S/c1-23(9-15-20-13-6-4-3-5-12(13)16(25)22-15)18(26)14-10-27-17(21-14)11-7-19-24(2)8-11/h3-8,10H,9H2,1-2H3,(H,20,22,25). The van der Waals surface area contributed by atoms with E-state index in [9.17, 15) is 9.59 Å². The van der Waals surface area contributed by atoms with Gasteiger partial charge in [0, 0.05) is 31.2 Å². The first-order chi connectivity index (χ1) is 13.0. The maximum Gasteiger partial charge on any atom is 0.273 e. The first kappa shape index (κ1) is 17.1. The number of benzene rings is 1. The first-order valence-corrected chi connectivity index (χ1v) is 9.07. The Bertz CT molecular complexity index is 1190. The highest BCUT2D eigenvalue weighted by Gasteiger charge is 2.18. The number of nitrogens with one attached hydrogen (secondary N) is 1. The number of aromatic amines is 1. The monoisotopic (exact) mass is 380 g/mol. The molecule has 8 nitrogen and oxygen atoms in total. The van der Waals surface area contributed by atoms with Crippen LogP contribution >= 0.6 is 11.3 Å². The Hall–Kier alpha value is -3.33. The molecule has 0 unspecified atom stereocenters. The van der Waals surface area contributed by atoms with E-state index in [0.29, 0.717) is 22.4 Å². The van der Waals surface area contributed by atoms with Crippen molar-refractivity contribution in [3.05, 3.63) is 63.9 Å². The molecule has 4 rings (SSSR count). The maximum atomic E-state index is 12.7. The van der Waals surface area contributed by atoms with Crippen LogP contribution in [0.25, 0.3) is 21.5 Å². The van der Waals surface area contributed by atoms with Gasteiger partial charge in [-0.1, -0.05) is 12.1 Å². The van der Waals surface area contributed by atoms with Crippen molar-refractivity contribution in [2.75, 3.05) is 7.05 Å². The number of aryl methyl sites for hydroxylation is 1. The van der Waals surface area contributed by atoms with Gasteiger partial charge >= 0.3 is 0 Å². The summed E-state index contributed by atoms with van der Waals surface area (Å²) in [6.07, 6.45) is 3.56. The third kappa shape index (κ3) is 3.36. The minimum Gasteiger partial charge on any atom is -0.333 e. The minimum atomic E-state index is -0.239. The van der Waals surface area contributed by atoms with Gasteiger partial charge < -0.3 is 9.88 Å². The van der Waals surface area contributed by atoms with Crippen LogP contribution in [0.1, 0.15) is 16.3 Å². The van der Waals surface area contributed by atoms with Crippen LogP contribution in [-0.4, -0.2) is 42.6 Å². The summed E-state index contributed by atoms with van der Waals surface area (Å²) in [6.45, 7) is 0.179. The molecule has 136 valence electrons. The zero-order valence-electron chi connectivity index (χ0n) is 14.7. The lowest BCUT2D eigenvalue weighted by Crippen LogP contribution is -2.28. The molecular weight excluding hydrogens is 364 g/mol. The van der Waals surface area contributed by atoms with Crippen molar-refractivity contribution in [1.29, 1.82) is 0 Å². The number of hydrogen-bond acceptors (Lipinski definition) is 6. The van der Waals surface area contributed by atoms with Gasteiger partial charge in [-0.2, -0.15) is 5.10 Å². The van der Waals surface area contributed by atoms with E-state index in [1.54, 1.807) is 41.5 Å². The molecule has 0 saturated heterocycles. The van der Waals surface area contributed by atoms with Crippen LogP contribution in [0.5, 0.6) is 0 Å². The van der Waals surface area contributed by atoms with Crippen LogP contribution < -0.4 is 5.56 Å². The second-order valence-electron chi connectivity index (χ2n) is 6.13. The number of H-pyrrole nitrogens is 1. The zero-order valence-corrected chi connectivity index (χ0v) is 15.5. The predicted molar refractivity (Wildman–Crippen MR) is 102 cm³/mol. The predicted octanol–water partition coefficient (Wildman–Crippen LogP) is 2.05. The van der Waals surface area contributed by atoms with Crippen LogP contribution in [0.15, 0.2) is 46.8 Å². The van der Waals surface area contributed by atoms with Crippen molar-refractivity contribution >= 4 is 28.1 Å². The van der Waals surface area contributed by atoms with Crippen LogP contribution in [0, 0.1) is 0 Å². The molecule has 0 aliphatic heterocycles. The Morgan fingerprint density at radius 3 is 2.89 bits per heavy atom. The maximum absolute atomic E-state index is 12.7. The summed E-state index contributed by atoms with van der Waals surface area (Å²) in [7, 11) is 3.48. The average Bonchev–Trinajstić information content (AvgIpc) is 3.30. The molecular formula is C18H16N6O2S. The van der Waals surface area contributed by atoms with E-state index in [0.717, 1.165) is 10.6 Å². The summed E-state index contributed by atoms with van der Waals surface area (Å²) in [6, 6.07) is 7.10. The molecule has 0 aliphatic carbocycles. The van der Waals surface area contributed by atoms with Crippen molar-refractivity contribution in [2.24, 2.45) is 7.05 Å². The molecule has 0 spiro atoms. The van der Waals surface area contributed by atoms with Crippen molar-refractivity contribution in [3.63, 3.8) is 0 Å². The second kappa shape index (κ2) is 6.76. The van der Waals surface area contributed by atoms with Crippen LogP contribution in [-0.2, 0) is 13.6 Å². The van der Waals surface area contributed by atoms with E-state index in [2.05, 4.69) is 20.1 Å². The number of carbonyl (C=O) groups excluding carboxylic acids is 1.